The van der Waals surface area contributed by atoms with Crippen LogP contribution in [0.15, 0.2) is 85.1 Å². The summed E-state index contributed by atoms with van der Waals surface area (Å²) in [7, 11) is 0. The van der Waals surface area contributed by atoms with E-state index in [1.807, 2.05) is 39.9 Å². The molecule has 1 atom stereocenters. The van der Waals surface area contributed by atoms with Gasteiger partial charge in [0, 0.05) is 31.5 Å². The van der Waals surface area contributed by atoms with Crippen LogP contribution in [0.2, 0.25) is 0 Å². The lowest BCUT2D eigenvalue weighted by molar-refractivity contribution is 0.0788. The van der Waals surface area contributed by atoms with Gasteiger partial charge in [-0.15, -0.1) is 0 Å². The number of rotatable bonds is 6. The maximum absolute atomic E-state index is 13.9. The van der Waals surface area contributed by atoms with Crippen LogP contribution >= 0.6 is 0 Å². The smallest absolute Gasteiger partial charge is 0.257 e. The van der Waals surface area contributed by atoms with Crippen LogP contribution in [0.4, 0.5) is 4.39 Å². The molecule has 7 heteroatoms. The van der Waals surface area contributed by atoms with E-state index in [0.29, 0.717) is 23.6 Å². The molecule has 2 fully saturated rings. The number of halogens is 1. The monoisotopic (exact) mass is 533 g/mol. The summed E-state index contributed by atoms with van der Waals surface area (Å²) < 4.78 is 15.6. The van der Waals surface area contributed by atoms with Gasteiger partial charge in [0.15, 0.2) is 0 Å². The van der Waals surface area contributed by atoms with Gasteiger partial charge in [-0.1, -0.05) is 42.5 Å². The van der Waals surface area contributed by atoms with Gasteiger partial charge in [-0.25, -0.2) is 9.07 Å². The zero-order valence-electron chi connectivity index (χ0n) is 22.4. The lowest BCUT2D eigenvalue weighted by atomic mass is 9.90. The zero-order valence-corrected chi connectivity index (χ0v) is 22.4. The standard InChI is InChI=1S/C33H32FN5O/c34-29-10-12-30(13-11-29)39-32(27-14-17-37(18-15-27)22-25-8-6-24(20-35)7-9-25)31(21-36-39)33(40)38-19-16-28(23-38)26-4-2-1-3-5-26/h1-13,21,27-28H,14-19,22-23H2/t28-/m0/s1. The number of benzene rings is 3. The predicted molar refractivity (Wildman–Crippen MR) is 152 cm³/mol. The first-order valence-corrected chi connectivity index (χ1v) is 14.0. The fourth-order valence-corrected chi connectivity index (χ4v) is 6.12. The minimum Gasteiger partial charge on any atom is -0.338 e. The fraction of sp³-hybridized carbons (Fsp3) is 0.303. The second kappa shape index (κ2) is 11.4. The zero-order chi connectivity index (χ0) is 27.5. The third-order valence-corrected chi connectivity index (χ3v) is 8.32. The van der Waals surface area contributed by atoms with Gasteiger partial charge in [0.25, 0.3) is 5.91 Å². The second-order valence-electron chi connectivity index (χ2n) is 10.8. The number of amides is 1. The van der Waals surface area contributed by atoms with Crippen LogP contribution in [0.1, 0.15) is 63.8 Å². The van der Waals surface area contributed by atoms with Crippen molar-refractivity contribution in [3.63, 3.8) is 0 Å². The van der Waals surface area contributed by atoms with Crippen molar-refractivity contribution in [3.8, 4) is 11.8 Å². The molecule has 0 radical (unpaired) electrons. The molecule has 0 spiro atoms. The van der Waals surface area contributed by atoms with Crippen LogP contribution in [0.5, 0.6) is 0 Å². The molecule has 2 saturated heterocycles. The van der Waals surface area contributed by atoms with E-state index in [1.165, 1.54) is 23.3 Å². The van der Waals surface area contributed by atoms with Gasteiger partial charge in [0.05, 0.1) is 34.8 Å². The van der Waals surface area contributed by atoms with E-state index in [9.17, 15) is 9.18 Å². The van der Waals surface area contributed by atoms with E-state index < -0.39 is 0 Å². The summed E-state index contributed by atoms with van der Waals surface area (Å²) in [6.45, 7) is 4.05. The molecule has 2 aliphatic rings. The molecule has 6 nitrogen and oxygen atoms in total. The number of nitrogens with zero attached hydrogens (tertiary/aromatic N) is 5. The minimum atomic E-state index is -0.297. The number of aromatic nitrogens is 2. The van der Waals surface area contributed by atoms with E-state index in [-0.39, 0.29) is 17.6 Å². The molecule has 3 aromatic carbocycles. The Morgan fingerprint density at radius 3 is 2.30 bits per heavy atom. The first-order valence-electron chi connectivity index (χ1n) is 14.0. The highest BCUT2D eigenvalue weighted by Gasteiger charge is 2.34. The molecule has 1 amide bonds. The van der Waals surface area contributed by atoms with Crippen LogP contribution in [-0.4, -0.2) is 51.7 Å². The maximum atomic E-state index is 13.9. The van der Waals surface area contributed by atoms with Crippen molar-refractivity contribution in [3.05, 3.63) is 119 Å². The highest BCUT2D eigenvalue weighted by molar-refractivity contribution is 5.95. The van der Waals surface area contributed by atoms with Gasteiger partial charge in [-0.2, -0.15) is 10.4 Å². The molecule has 3 heterocycles. The molecule has 40 heavy (non-hydrogen) atoms. The number of piperidine rings is 1. The van der Waals surface area contributed by atoms with E-state index in [2.05, 4.69) is 40.3 Å². The summed E-state index contributed by atoms with van der Waals surface area (Å²) in [6, 6.07) is 26.7. The molecule has 0 N–H and O–H groups in total. The average molecular weight is 534 g/mol. The number of nitriles is 1. The van der Waals surface area contributed by atoms with E-state index in [0.717, 1.165) is 56.8 Å². The second-order valence-corrected chi connectivity index (χ2v) is 10.8. The number of hydrogen-bond acceptors (Lipinski definition) is 4. The van der Waals surface area contributed by atoms with Gasteiger partial charge in [0.1, 0.15) is 5.82 Å². The Morgan fingerprint density at radius 2 is 1.60 bits per heavy atom. The molecule has 202 valence electrons. The van der Waals surface area contributed by atoms with Crippen molar-refractivity contribution in [2.24, 2.45) is 0 Å². The van der Waals surface area contributed by atoms with Gasteiger partial charge in [-0.05, 0) is 79.9 Å². The van der Waals surface area contributed by atoms with E-state index >= 15 is 0 Å². The van der Waals surface area contributed by atoms with Crippen molar-refractivity contribution < 1.29 is 9.18 Å². The van der Waals surface area contributed by atoms with Crippen LogP contribution in [0.3, 0.4) is 0 Å². The highest BCUT2D eigenvalue weighted by Crippen LogP contribution is 2.35. The Labute approximate surface area is 234 Å². The third-order valence-electron chi connectivity index (χ3n) is 8.32. The summed E-state index contributed by atoms with van der Waals surface area (Å²) in [5, 5.41) is 13.7. The first-order chi connectivity index (χ1) is 19.6. The van der Waals surface area contributed by atoms with Crippen LogP contribution < -0.4 is 0 Å². The molecule has 1 aromatic heterocycles. The van der Waals surface area contributed by atoms with E-state index in [1.54, 1.807) is 18.3 Å². The lowest BCUT2D eigenvalue weighted by Gasteiger charge is -2.33. The molecule has 4 aromatic rings. The predicted octanol–water partition coefficient (Wildman–Crippen LogP) is 5.89. The largest absolute Gasteiger partial charge is 0.338 e. The van der Waals surface area contributed by atoms with Crippen molar-refractivity contribution >= 4 is 5.91 Å². The minimum absolute atomic E-state index is 0.0294. The molecule has 0 saturated carbocycles. The molecule has 0 unspecified atom stereocenters. The SMILES string of the molecule is N#Cc1ccc(CN2CCC(c3c(C(=O)N4CC[C@H](c5ccccc5)C4)cnn3-c3ccc(F)cc3)CC2)cc1. The summed E-state index contributed by atoms with van der Waals surface area (Å²) in [5.74, 6) is 0.234. The van der Waals surface area contributed by atoms with Gasteiger partial charge in [-0.3, -0.25) is 9.69 Å². The highest BCUT2D eigenvalue weighted by atomic mass is 19.1. The third kappa shape index (κ3) is 5.41. The molecule has 0 aliphatic carbocycles. The van der Waals surface area contributed by atoms with Crippen LogP contribution in [0.25, 0.3) is 5.69 Å². The van der Waals surface area contributed by atoms with Crippen molar-refractivity contribution in [1.82, 2.24) is 19.6 Å². The topological polar surface area (TPSA) is 65.2 Å². The Bertz CT molecular complexity index is 1500. The number of likely N-dealkylation sites (tertiary alicyclic amines) is 2. The fourth-order valence-electron chi connectivity index (χ4n) is 6.12. The summed E-state index contributed by atoms with van der Waals surface area (Å²) >= 11 is 0. The molecular weight excluding hydrogens is 501 g/mol. The lowest BCUT2D eigenvalue weighted by Crippen LogP contribution is -2.34. The van der Waals surface area contributed by atoms with Crippen LogP contribution in [-0.2, 0) is 6.54 Å². The van der Waals surface area contributed by atoms with Gasteiger partial charge >= 0.3 is 0 Å². The number of hydrogen-bond donors (Lipinski definition) is 0. The van der Waals surface area contributed by atoms with Gasteiger partial charge in [0.2, 0.25) is 0 Å². The van der Waals surface area contributed by atoms with Crippen molar-refractivity contribution in [2.75, 3.05) is 26.2 Å². The van der Waals surface area contributed by atoms with Gasteiger partial charge < -0.3 is 4.90 Å². The Morgan fingerprint density at radius 1 is 0.900 bits per heavy atom. The Balaban J connectivity index is 1.22. The number of carbonyl (C=O) groups is 1. The van der Waals surface area contributed by atoms with E-state index in [4.69, 9.17) is 5.26 Å². The molecule has 2 aliphatic heterocycles. The summed E-state index contributed by atoms with van der Waals surface area (Å²) in [5.41, 5.74) is 5.48. The Kier molecular flexibility index (Phi) is 7.43. The van der Waals surface area contributed by atoms with Crippen molar-refractivity contribution in [1.29, 1.82) is 5.26 Å². The molecule has 0 bridgehead atoms. The quantitative estimate of drug-likeness (QED) is 0.310. The van der Waals surface area contributed by atoms with Crippen LogP contribution in [0, 0.1) is 17.1 Å². The number of carbonyl (C=O) groups excluding carboxylic acids is 1. The summed E-state index contributed by atoms with van der Waals surface area (Å²) in [4.78, 5) is 18.3. The first kappa shape index (κ1) is 26.0. The Hall–Kier alpha value is -4.28. The molecular formula is C33H32FN5O. The maximum Gasteiger partial charge on any atom is 0.257 e. The normalized spacial score (nSPS) is 18.1. The molecule has 6 rings (SSSR count). The summed E-state index contributed by atoms with van der Waals surface area (Å²) in [6.07, 6.45) is 4.46. The average Bonchev–Trinajstić information content (AvgIpc) is 3.67. The van der Waals surface area contributed by atoms with Crippen molar-refractivity contribution in [2.45, 2.75) is 37.6 Å².